The van der Waals surface area contributed by atoms with E-state index < -0.39 is 0 Å². The highest BCUT2D eigenvalue weighted by atomic mass is 16.5. The Morgan fingerprint density at radius 2 is 1.86 bits per heavy atom. The van der Waals surface area contributed by atoms with Gasteiger partial charge in [0.15, 0.2) is 11.5 Å². The van der Waals surface area contributed by atoms with Crippen molar-refractivity contribution < 1.29 is 9.47 Å². The number of hydrogen-bond acceptors (Lipinski definition) is 3. The number of fused-ring (bicyclic) bond motifs is 2. The van der Waals surface area contributed by atoms with Crippen molar-refractivity contribution in [3.05, 3.63) is 23.3 Å². The highest BCUT2D eigenvalue weighted by Crippen LogP contribution is 2.51. The lowest BCUT2D eigenvalue weighted by Gasteiger charge is -2.26. The maximum Gasteiger partial charge on any atom is 0.161 e. The summed E-state index contributed by atoms with van der Waals surface area (Å²) in [4.78, 5) is 0. The number of benzene rings is 1. The van der Waals surface area contributed by atoms with Gasteiger partial charge >= 0.3 is 0 Å². The van der Waals surface area contributed by atoms with E-state index in [-0.39, 0.29) is 6.04 Å². The van der Waals surface area contributed by atoms with Gasteiger partial charge in [-0.2, -0.15) is 0 Å². The molecule has 2 N–H and O–H groups in total. The first-order valence-electron chi connectivity index (χ1n) is 8.10. The third-order valence-corrected chi connectivity index (χ3v) is 5.61. The summed E-state index contributed by atoms with van der Waals surface area (Å²) in [5, 5.41) is 0. The molecule has 2 bridgehead atoms. The van der Waals surface area contributed by atoms with Crippen LogP contribution in [0.2, 0.25) is 0 Å². The lowest BCUT2D eigenvalue weighted by molar-refractivity contribution is 0.295. The van der Waals surface area contributed by atoms with Crippen molar-refractivity contribution in [2.24, 2.45) is 23.5 Å². The number of rotatable bonds is 5. The molecular weight excluding hydrogens is 262 g/mol. The Balaban J connectivity index is 1.76. The van der Waals surface area contributed by atoms with E-state index in [4.69, 9.17) is 15.2 Å². The van der Waals surface area contributed by atoms with E-state index in [0.717, 1.165) is 35.7 Å². The molecule has 21 heavy (non-hydrogen) atoms. The SMILES string of the molecule is COc1cc(C)c(C(N)CC2CC3CCC2C3)cc1OC. The molecule has 4 unspecified atom stereocenters. The van der Waals surface area contributed by atoms with Crippen molar-refractivity contribution in [3.63, 3.8) is 0 Å². The largest absolute Gasteiger partial charge is 0.493 e. The number of aryl methyl sites for hydroxylation is 1. The molecule has 2 saturated carbocycles. The minimum absolute atomic E-state index is 0.106. The van der Waals surface area contributed by atoms with Crippen molar-refractivity contribution in [2.75, 3.05) is 14.2 Å². The topological polar surface area (TPSA) is 44.5 Å². The smallest absolute Gasteiger partial charge is 0.161 e. The van der Waals surface area contributed by atoms with E-state index in [2.05, 4.69) is 13.0 Å². The van der Waals surface area contributed by atoms with Crippen LogP contribution in [0.4, 0.5) is 0 Å². The van der Waals surface area contributed by atoms with E-state index in [1.165, 1.54) is 36.8 Å². The molecule has 3 rings (SSSR count). The maximum atomic E-state index is 6.53. The standard InChI is InChI=1S/C18H27NO2/c1-11-6-17(20-2)18(21-3)10-15(11)16(19)9-14-8-12-4-5-13(14)7-12/h6,10,12-14,16H,4-5,7-9,19H2,1-3H3. The van der Waals surface area contributed by atoms with Crippen LogP contribution in [0.25, 0.3) is 0 Å². The molecule has 1 aromatic rings. The molecule has 2 fully saturated rings. The fourth-order valence-electron chi connectivity index (χ4n) is 4.51. The van der Waals surface area contributed by atoms with Gasteiger partial charge in [0.1, 0.15) is 0 Å². The fourth-order valence-corrected chi connectivity index (χ4v) is 4.51. The summed E-state index contributed by atoms with van der Waals surface area (Å²) in [7, 11) is 3.35. The zero-order valence-electron chi connectivity index (χ0n) is 13.4. The van der Waals surface area contributed by atoms with Gasteiger partial charge in [-0.05, 0) is 73.6 Å². The molecule has 1 aromatic carbocycles. The van der Waals surface area contributed by atoms with E-state index in [0.29, 0.717) is 0 Å². The van der Waals surface area contributed by atoms with E-state index >= 15 is 0 Å². The molecule has 0 spiro atoms. The van der Waals surface area contributed by atoms with Gasteiger partial charge in [-0.3, -0.25) is 0 Å². The van der Waals surface area contributed by atoms with Gasteiger partial charge in [-0.25, -0.2) is 0 Å². The van der Waals surface area contributed by atoms with E-state index in [9.17, 15) is 0 Å². The predicted molar refractivity (Wildman–Crippen MR) is 84.8 cm³/mol. The summed E-state index contributed by atoms with van der Waals surface area (Å²) >= 11 is 0. The van der Waals surface area contributed by atoms with Gasteiger partial charge in [0, 0.05) is 6.04 Å². The van der Waals surface area contributed by atoms with Gasteiger partial charge < -0.3 is 15.2 Å². The molecule has 3 heteroatoms. The number of hydrogen-bond donors (Lipinski definition) is 1. The van der Waals surface area contributed by atoms with E-state index in [1.54, 1.807) is 14.2 Å². The average Bonchev–Trinajstić information content (AvgIpc) is 3.09. The fraction of sp³-hybridized carbons (Fsp3) is 0.667. The van der Waals surface area contributed by atoms with Crippen LogP contribution in [0.5, 0.6) is 11.5 Å². The van der Waals surface area contributed by atoms with Crippen molar-refractivity contribution >= 4 is 0 Å². The monoisotopic (exact) mass is 289 g/mol. The predicted octanol–water partition coefficient (Wildman–Crippen LogP) is 3.84. The summed E-state index contributed by atoms with van der Waals surface area (Å²) < 4.78 is 10.8. The van der Waals surface area contributed by atoms with Crippen LogP contribution in [-0.4, -0.2) is 14.2 Å². The molecule has 0 amide bonds. The van der Waals surface area contributed by atoms with Gasteiger partial charge in [-0.15, -0.1) is 0 Å². The zero-order chi connectivity index (χ0) is 15.0. The normalized spacial score (nSPS) is 28.7. The van der Waals surface area contributed by atoms with Crippen LogP contribution in [0.1, 0.15) is 49.3 Å². The molecule has 0 heterocycles. The van der Waals surface area contributed by atoms with Crippen LogP contribution in [0, 0.1) is 24.7 Å². The molecule has 116 valence electrons. The minimum atomic E-state index is 0.106. The second kappa shape index (κ2) is 5.88. The zero-order valence-corrected chi connectivity index (χ0v) is 13.4. The first-order chi connectivity index (χ1) is 10.1. The summed E-state index contributed by atoms with van der Waals surface area (Å²) in [6.45, 7) is 2.11. The maximum absolute atomic E-state index is 6.53. The quantitative estimate of drug-likeness (QED) is 0.895. The first kappa shape index (κ1) is 14.7. The Bertz CT molecular complexity index is 514. The van der Waals surface area contributed by atoms with Gasteiger partial charge in [0.2, 0.25) is 0 Å². The molecule has 4 atom stereocenters. The van der Waals surface area contributed by atoms with Crippen LogP contribution in [-0.2, 0) is 0 Å². The summed E-state index contributed by atoms with van der Waals surface area (Å²) in [6.07, 6.45) is 6.82. The molecule has 2 aliphatic carbocycles. The second-order valence-corrected chi connectivity index (χ2v) is 6.84. The van der Waals surface area contributed by atoms with Gasteiger partial charge in [-0.1, -0.05) is 6.42 Å². The molecule has 0 aromatic heterocycles. The number of methoxy groups -OCH3 is 2. The van der Waals surface area contributed by atoms with Crippen LogP contribution < -0.4 is 15.2 Å². The van der Waals surface area contributed by atoms with E-state index in [1.807, 2.05) is 6.07 Å². The van der Waals surface area contributed by atoms with Crippen molar-refractivity contribution in [3.8, 4) is 11.5 Å². The molecule has 2 aliphatic rings. The number of nitrogens with two attached hydrogens (primary N) is 1. The lowest BCUT2D eigenvalue weighted by Crippen LogP contribution is -2.20. The molecular formula is C18H27NO2. The van der Waals surface area contributed by atoms with Gasteiger partial charge in [0.25, 0.3) is 0 Å². The van der Waals surface area contributed by atoms with Gasteiger partial charge in [0.05, 0.1) is 14.2 Å². The lowest BCUT2D eigenvalue weighted by atomic mass is 9.82. The van der Waals surface area contributed by atoms with Crippen LogP contribution >= 0.6 is 0 Å². The molecule has 0 aliphatic heterocycles. The summed E-state index contributed by atoms with van der Waals surface area (Å²) in [5.74, 6) is 4.30. The molecule has 3 nitrogen and oxygen atoms in total. The van der Waals surface area contributed by atoms with Crippen LogP contribution in [0.3, 0.4) is 0 Å². The Kier molecular flexibility index (Phi) is 4.12. The third-order valence-electron chi connectivity index (χ3n) is 5.61. The van der Waals surface area contributed by atoms with Crippen molar-refractivity contribution in [1.82, 2.24) is 0 Å². The molecule has 0 saturated heterocycles. The summed E-state index contributed by atoms with van der Waals surface area (Å²) in [5.41, 5.74) is 8.93. The second-order valence-electron chi connectivity index (χ2n) is 6.84. The minimum Gasteiger partial charge on any atom is -0.493 e. The Hall–Kier alpha value is -1.22. The van der Waals surface area contributed by atoms with Crippen molar-refractivity contribution in [2.45, 2.75) is 45.1 Å². The number of ether oxygens (including phenoxy) is 2. The summed E-state index contributed by atoms with van der Waals surface area (Å²) in [6, 6.07) is 4.20. The van der Waals surface area contributed by atoms with Crippen molar-refractivity contribution in [1.29, 1.82) is 0 Å². The molecule has 0 radical (unpaired) electrons. The Morgan fingerprint density at radius 3 is 2.43 bits per heavy atom. The highest BCUT2D eigenvalue weighted by Gasteiger charge is 2.40. The Morgan fingerprint density at radius 1 is 1.14 bits per heavy atom. The first-order valence-corrected chi connectivity index (χ1v) is 8.10. The Labute approximate surface area is 127 Å². The van der Waals surface area contributed by atoms with Crippen LogP contribution in [0.15, 0.2) is 12.1 Å². The average molecular weight is 289 g/mol. The third kappa shape index (κ3) is 2.76. The highest BCUT2D eigenvalue weighted by molar-refractivity contribution is 5.48.